The van der Waals surface area contributed by atoms with Gasteiger partial charge in [0.2, 0.25) is 0 Å². The average Bonchev–Trinajstić information content (AvgIpc) is 3.12. The van der Waals surface area contributed by atoms with Crippen molar-refractivity contribution in [2.75, 3.05) is 5.75 Å². The van der Waals surface area contributed by atoms with E-state index in [1.165, 1.54) is 27.7 Å². The Morgan fingerprint density at radius 1 is 1.04 bits per heavy atom. The molecule has 0 fully saturated rings. The van der Waals surface area contributed by atoms with E-state index in [1.807, 2.05) is 23.9 Å². The summed E-state index contributed by atoms with van der Waals surface area (Å²) in [4.78, 5) is 0. The molecule has 3 aromatic rings. The van der Waals surface area contributed by atoms with E-state index in [2.05, 4.69) is 58.7 Å². The third kappa shape index (κ3) is 3.08. The van der Waals surface area contributed by atoms with Crippen LogP contribution in [0.15, 0.2) is 59.9 Å². The van der Waals surface area contributed by atoms with Gasteiger partial charge in [0.1, 0.15) is 18.4 Å². The van der Waals surface area contributed by atoms with Crippen LogP contribution in [0.1, 0.15) is 5.56 Å². The first kappa shape index (κ1) is 16.6. The lowest BCUT2D eigenvalue weighted by atomic mass is 10.1. The maximum absolute atomic E-state index is 6.02. The molecule has 0 saturated heterocycles. The summed E-state index contributed by atoms with van der Waals surface area (Å²) in [5.74, 6) is 1.13. The first-order chi connectivity index (χ1) is 10.7. The lowest BCUT2D eigenvalue weighted by Crippen LogP contribution is -3.00. The molecule has 0 N–H and O–H groups in total. The molecule has 1 aromatic heterocycles. The lowest BCUT2D eigenvalue weighted by Gasteiger charge is -1.98. The van der Waals surface area contributed by atoms with Crippen LogP contribution in [0.25, 0.3) is 16.9 Å². The predicted molar refractivity (Wildman–Crippen MR) is 91.9 cm³/mol. The van der Waals surface area contributed by atoms with Crippen LogP contribution in [-0.2, 0) is 6.54 Å². The summed E-state index contributed by atoms with van der Waals surface area (Å²) in [5.41, 5.74) is 4.95. The van der Waals surface area contributed by atoms with Crippen molar-refractivity contribution in [2.24, 2.45) is 0 Å². The highest BCUT2D eigenvalue weighted by atomic mass is 79.9. The van der Waals surface area contributed by atoms with Crippen LogP contribution >= 0.6 is 23.4 Å². The summed E-state index contributed by atoms with van der Waals surface area (Å²) < 4.78 is 4.69. The number of halogens is 2. The molecule has 118 valence electrons. The van der Waals surface area contributed by atoms with Crippen molar-refractivity contribution in [1.82, 2.24) is 4.57 Å². The second-order valence-corrected chi connectivity index (χ2v) is 7.01. The lowest BCUT2D eigenvalue weighted by molar-refractivity contribution is -0.713. The molecule has 0 atom stereocenters. The second kappa shape index (κ2) is 6.71. The van der Waals surface area contributed by atoms with Gasteiger partial charge >= 0.3 is 5.16 Å². The fraction of sp³-hybridized carbons (Fsp3) is 0.167. The van der Waals surface area contributed by atoms with Gasteiger partial charge in [-0.15, -0.1) is 0 Å². The van der Waals surface area contributed by atoms with Gasteiger partial charge in [0.05, 0.1) is 0 Å². The molecule has 0 aliphatic carbocycles. The average molecular weight is 408 g/mol. The number of imidazole rings is 1. The molecule has 2 nitrogen and oxygen atoms in total. The van der Waals surface area contributed by atoms with Crippen molar-refractivity contribution in [3.05, 3.63) is 65.3 Å². The summed E-state index contributed by atoms with van der Waals surface area (Å²) >= 11 is 7.93. The second-order valence-electron chi connectivity index (χ2n) is 5.51. The smallest absolute Gasteiger partial charge is 0.323 e. The number of nitrogens with zero attached hydrogens (tertiary/aromatic N) is 2. The fourth-order valence-corrected chi connectivity index (χ4v) is 4.04. The summed E-state index contributed by atoms with van der Waals surface area (Å²) in [6.07, 6.45) is 2.23. The zero-order valence-electron chi connectivity index (χ0n) is 12.7. The molecule has 1 aliphatic heterocycles. The van der Waals surface area contributed by atoms with Gasteiger partial charge in [-0.1, -0.05) is 29.3 Å². The predicted octanol–water partition coefficient (Wildman–Crippen LogP) is 1.50. The Kier molecular flexibility index (Phi) is 4.85. The van der Waals surface area contributed by atoms with Crippen LogP contribution < -0.4 is 21.5 Å². The molecule has 0 bridgehead atoms. The van der Waals surface area contributed by atoms with Crippen molar-refractivity contribution in [1.29, 1.82) is 0 Å². The quantitative estimate of drug-likeness (QED) is 0.585. The van der Waals surface area contributed by atoms with Crippen molar-refractivity contribution >= 4 is 23.4 Å². The van der Waals surface area contributed by atoms with Gasteiger partial charge in [-0.05, 0) is 55.1 Å². The van der Waals surface area contributed by atoms with Crippen LogP contribution in [0.3, 0.4) is 0 Å². The van der Waals surface area contributed by atoms with Crippen molar-refractivity contribution in [2.45, 2.75) is 18.6 Å². The molecule has 0 amide bonds. The van der Waals surface area contributed by atoms with Gasteiger partial charge in [-0.3, -0.25) is 0 Å². The summed E-state index contributed by atoms with van der Waals surface area (Å²) in [6, 6.07) is 16.8. The number of rotatable bonds is 2. The van der Waals surface area contributed by atoms with Gasteiger partial charge in [0.15, 0.2) is 5.69 Å². The van der Waals surface area contributed by atoms with E-state index in [9.17, 15) is 0 Å². The number of aromatic nitrogens is 2. The minimum absolute atomic E-state index is 0. The zero-order valence-corrected chi connectivity index (χ0v) is 15.8. The molecule has 1 aliphatic rings. The van der Waals surface area contributed by atoms with E-state index in [0.717, 1.165) is 17.3 Å². The number of hydrogen-bond donors (Lipinski definition) is 0. The van der Waals surface area contributed by atoms with Gasteiger partial charge < -0.3 is 17.0 Å². The van der Waals surface area contributed by atoms with Crippen LogP contribution in [0.5, 0.6) is 0 Å². The Labute approximate surface area is 155 Å². The number of aryl methyl sites for hydroxylation is 1. The van der Waals surface area contributed by atoms with Crippen molar-refractivity contribution in [3.63, 3.8) is 0 Å². The molecule has 0 unspecified atom stereocenters. The SMILES string of the molecule is Cc1ccc(-n2cc(-c3ccc(Cl)cc3)[n+]3c2SCC3)cc1.[Br-]. The Balaban J connectivity index is 0.00000156. The number of thioether (sulfide) groups is 1. The molecule has 5 heteroatoms. The third-order valence-electron chi connectivity index (χ3n) is 3.98. The zero-order chi connectivity index (χ0) is 15.1. The summed E-state index contributed by atoms with van der Waals surface area (Å²) in [6.45, 7) is 3.17. The maximum atomic E-state index is 6.02. The minimum atomic E-state index is 0. The third-order valence-corrected chi connectivity index (χ3v) is 5.29. The Morgan fingerprint density at radius 3 is 2.43 bits per heavy atom. The number of benzene rings is 2. The topological polar surface area (TPSA) is 8.81 Å². The van der Waals surface area contributed by atoms with Crippen molar-refractivity contribution < 1.29 is 21.5 Å². The Hall–Kier alpha value is -1.23. The molecule has 0 saturated carbocycles. The Bertz CT molecular complexity index is 757. The highest BCUT2D eigenvalue weighted by Gasteiger charge is 2.30. The van der Waals surface area contributed by atoms with E-state index >= 15 is 0 Å². The van der Waals surface area contributed by atoms with Crippen molar-refractivity contribution in [3.8, 4) is 16.9 Å². The van der Waals surface area contributed by atoms with E-state index in [0.29, 0.717) is 0 Å². The highest BCUT2D eigenvalue weighted by molar-refractivity contribution is 7.99. The van der Waals surface area contributed by atoms with E-state index in [-0.39, 0.29) is 17.0 Å². The first-order valence-corrected chi connectivity index (χ1v) is 8.70. The molecular formula is C18H16BrClN2S. The van der Waals surface area contributed by atoms with Gasteiger partial charge in [-0.25, -0.2) is 4.57 Å². The molecule has 0 radical (unpaired) electrons. The number of fused-ring (bicyclic) bond motifs is 1. The Morgan fingerprint density at radius 2 is 1.74 bits per heavy atom. The molecule has 4 rings (SSSR count). The monoisotopic (exact) mass is 406 g/mol. The van der Waals surface area contributed by atoms with Gasteiger partial charge in [0, 0.05) is 16.3 Å². The van der Waals surface area contributed by atoms with Crippen LogP contribution in [0.2, 0.25) is 5.02 Å². The molecular weight excluding hydrogens is 392 g/mol. The summed E-state index contributed by atoms with van der Waals surface area (Å²) in [7, 11) is 0. The minimum Gasteiger partial charge on any atom is -1.00 e. The summed E-state index contributed by atoms with van der Waals surface area (Å²) in [5, 5.41) is 2.08. The van der Waals surface area contributed by atoms with Crippen LogP contribution in [0.4, 0.5) is 0 Å². The standard InChI is InChI=1S/C18H16ClN2S.BrH/c1-13-2-8-16(9-3-13)21-12-17(20-10-11-22-18(20)21)14-4-6-15(19)7-5-14;/h2-9,12H,10-11H2,1H3;1H/q+1;/p-1. The normalized spacial score (nSPS) is 12.8. The number of hydrogen-bond acceptors (Lipinski definition) is 1. The largest absolute Gasteiger partial charge is 1.00 e. The maximum Gasteiger partial charge on any atom is 0.323 e. The van der Waals surface area contributed by atoms with E-state index < -0.39 is 0 Å². The highest BCUT2D eigenvalue weighted by Crippen LogP contribution is 2.29. The first-order valence-electron chi connectivity index (χ1n) is 7.33. The molecule has 2 aromatic carbocycles. The van der Waals surface area contributed by atoms with Crippen LogP contribution in [-0.4, -0.2) is 10.3 Å². The van der Waals surface area contributed by atoms with E-state index in [1.54, 1.807) is 0 Å². The van der Waals surface area contributed by atoms with Gasteiger partial charge in [0.25, 0.3) is 0 Å². The molecule has 23 heavy (non-hydrogen) atoms. The van der Waals surface area contributed by atoms with Crippen LogP contribution in [0, 0.1) is 6.92 Å². The van der Waals surface area contributed by atoms with E-state index in [4.69, 9.17) is 11.6 Å². The molecule has 2 heterocycles. The fourth-order valence-electron chi connectivity index (χ4n) is 2.81. The molecule has 0 spiro atoms. The van der Waals surface area contributed by atoms with Gasteiger partial charge in [-0.2, -0.15) is 4.57 Å².